The second-order valence-electron chi connectivity index (χ2n) is 7.34. The van der Waals surface area contributed by atoms with Crippen LogP contribution in [0.15, 0.2) is 83.5 Å². The first-order chi connectivity index (χ1) is 16.8. The van der Waals surface area contributed by atoms with E-state index >= 15 is 0 Å². The maximum Gasteiger partial charge on any atom is 0.337 e. The number of hydrogen-bond donors (Lipinski definition) is 2. The Kier molecular flexibility index (Phi) is 6.61. The number of carbonyl (C=O) groups excluding carboxylic acids is 4. The molecule has 1 aliphatic heterocycles. The monoisotopic (exact) mass is 493 g/mol. The maximum absolute atomic E-state index is 13.2. The molecule has 3 aromatic carbocycles. The molecule has 0 unspecified atom stereocenters. The van der Waals surface area contributed by atoms with Crippen molar-refractivity contribution in [2.24, 2.45) is 0 Å². The summed E-state index contributed by atoms with van der Waals surface area (Å²) in [6, 6.07) is 17.2. The van der Waals surface area contributed by atoms with Crippen LogP contribution in [0.2, 0.25) is 0 Å². The number of nitrogens with one attached hydrogen (secondary N) is 2. The molecule has 0 bridgehead atoms. The fourth-order valence-electron chi connectivity index (χ4n) is 3.33. The topological polar surface area (TPSA) is 105 Å². The summed E-state index contributed by atoms with van der Waals surface area (Å²) >= 11 is 6.12. The summed E-state index contributed by atoms with van der Waals surface area (Å²) in [5.41, 5.74) is 1.40. The number of amides is 3. The highest BCUT2D eigenvalue weighted by Crippen LogP contribution is 2.30. The van der Waals surface area contributed by atoms with E-state index in [9.17, 15) is 23.6 Å². The van der Waals surface area contributed by atoms with E-state index in [1.54, 1.807) is 30.3 Å². The van der Waals surface area contributed by atoms with Gasteiger partial charge in [0.1, 0.15) is 16.5 Å². The van der Waals surface area contributed by atoms with Crippen LogP contribution in [0.25, 0.3) is 0 Å². The van der Waals surface area contributed by atoms with Crippen LogP contribution in [0, 0.1) is 5.82 Å². The number of benzene rings is 3. The highest BCUT2D eigenvalue weighted by molar-refractivity contribution is 6.53. The number of halogens is 2. The molecule has 0 spiro atoms. The zero-order valence-electron chi connectivity index (χ0n) is 18.2. The fraction of sp³-hybridized carbons (Fsp3) is 0.0400. The summed E-state index contributed by atoms with van der Waals surface area (Å²) in [6.45, 7) is 0. The number of carbonyl (C=O) groups is 4. The van der Waals surface area contributed by atoms with Gasteiger partial charge >= 0.3 is 5.97 Å². The number of rotatable bonds is 6. The van der Waals surface area contributed by atoms with Gasteiger partial charge in [-0.25, -0.2) is 14.1 Å². The zero-order chi connectivity index (χ0) is 25.1. The molecule has 0 saturated carbocycles. The van der Waals surface area contributed by atoms with Crippen LogP contribution in [-0.2, 0) is 14.3 Å². The Morgan fingerprint density at radius 3 is 2.23 bits per heavy atom. The lowest BCUT2D eigenvalue weighted by molar-refractivity contribution is -0.120. The van der Waals surface area contributed by atoms with Crippen molar-refractivity contribution >= 4 is 52.4 Å². The molecule has 2 N–H and O–H groups in total. The Balaban J connectivity index is 1.49. The van der Waals surface area contributed by atoms with Gasteiger partial charge in [0.15, 0.2) is 0 Å². The van der Waals surface area contributed by atoms with Gasteiger partial charge in [-0.3, -0.25) is 14.4 Å². The van der Waals surface area contributed by atoms with Crippen molar-refractivity contribution in [3.8, 4) is 0 Å². The molecule has 0 fully saturated rings. The zero-order valence-corrected chi connectivity index (χ0v) is 18.9. The first kappa shape index (κ1) is 23.7. The smallest absolute Gasteiger partial charge is 0.337 e. The van der Waals surface area contributed by atoms with Crippen molar-refractivity contribution in [2.45, 2.75) is 0 Å². The summed E-state index contributed by atoms with van der Waals surface area (Å²) < 4.78 is 17.9. The van der Waals surface area contributed by atoms with E-state index in [4.69, 9.17) is 11.6 Å². The van der Waals surface area contributed by atoms with Gasteiger partial charge in [0.2, 0.25) is 0 Å². The van der Waals surface area contributed by atoms with Crippen LogP contribution >= 0.6 is 11.6 Å². The molecule has 0 aliphatic carbocycles. The highest BCUT2D eigenvalue weighted by atomic mass is 35.5. The van der Waals surface area contributed by atoms with Crippen molar-refractivity contribution in [1.82, 2.24) is 0 Å². The SMILES string of the molecule is COC(=O)c1ccc(NC(=O)c2cccc(NC3=C(Cl)C(=O)N(c4ccc(F)cc4)C3=O)c2)cc1. The second-order valence-corrected chi connectivity index (χ2v) is 7.72. The van der Waals surface area contributed by atoms with Crippen LogP contribution in [0.4, 0.5) is 21.5 Å². The Morgan fingerprint density at radius 1 is 0.886 bits per heavy atom. The molecule has 3 aromatic rings. The van der Waals surface area contributed by atoms with Gasteiger partial charge in [-0.1, -0.05) is 17.7 Å². The number of nitrogens with zero attached hydrogens (tertiary/aromatic N) is 1. The van der Waals surface area contributed by atoms with Gasteiger partial charge in [0, 0.05) is 16.9 Å². The summed E-state index contributed by atoms with van der Waals surface area (Å²) in [5.74, 6) is -2.92. The summed E-state index contributed by atoms with van der Waals surface area (Å²) in [6.07, 6.45) is 0. The van der Waals surface area contributed by atoms with Crippen LogP contribution < -0.4 is 15.5 Å². The molecule has 3 amide bonds. The first-order valence-electron chi connectivity index (χ1n) is 10.2. The number of ether oxygens (including phenoxy) is 1. The van der Waals surface area contributed by atoms with Gasteiger partial charge in [-0.2, -0.15) is 0 Å². The van der Waals surface area contributed by atoms with E-state index in [2.05, 4.69) is 15.4 Å². The second kappa shape index (κ2) is 9.78. The minimum atomic E-state index is -0.755. The van der Waals surface area contributed by atoms with E-state index in [0.717, 1.165) is 17.0 Å². The number of methoxy groups -OCH3 is 1. The van der Waals surface area contributed by atoms with Crippen molar-refractivity contribution in [2.75, 3.05) is 22.6 Å². The summed E-state index contributed by atoms with van der Waals surface area (Å²) in [5, 5.41) is 5.17. The molecule has 1 aliphatic rings. The minimum Gasteiger partial charge on any atom is -0.465 e. The average Bonchev–Trinajstić information content (AvgIpc) is 3.07. The molecule has 0 aromatic heterocycles. The van der Waals surface area contributed by atoms with E-state index < -0.39 is 29.5 Å². The molecule has 0 saturated heterocycles. The Labute approximate surface area is 203 Å². The molecule has 0 atom stereocenters. The van der Waals surface area contributed by atoms with Crippen LogP contribution in [0.3, 0.4) is 0 Å². The van der Waals surface area contributed by atoms with E-state index in [-0.39, 0.29) is 22.0 Å². The van der Waals surface area contributed by atoms with E-state index in [0.29, 0.717) is 16.9 Å². The third-order valence-electron chi connectivity index (χ3n) is 5.07. The van der Waals surface area contributed by atoms with Gasteiger partial charge in [-0.15, -0.1) is 0 Å². The normalized spacial score (nSPS) is 13.2. The van der Waals surface area contributed by atoms with Crippen molar-refractivity contribution in [1.29, 1.82) is 0 Å². The molecular formula is C25H17ClFN3O5. The lowest BCUT2D eigenvalue weighted by atomic mass is 10.1. The minimum absolute atomic E-state index is 0.169. The summed E-state index contributed by atoms with van der Waals surface area (Å²) in [7, 11) is 1.28. The van der Waals surface area contributed by atoms with Gasteiger partial charge in [-0.05, 0) is 66.7 Å². The van der Waals surface area contributed by atoms with Crippen LogP contribution in [0.5, 0.6) is 0 Å². The van der Waals surface area contributed by atoms with Crippen LogP contribution in [-0.4, -0.2) is 30.8 Å². The average molecular weight is 494 g/mol. The third kappa shape index (κ3) is 4.90. The largest absolute Gasteiger partial charge is 0.465 e. The fourth-order valence-corrected chi connectivity index (χ4v) is 3.54. The predicted octanol–water partition coefficient (Wildman–Crippen LogP) is 4.30. The van der Waals surface area contributed by atoms with Gasteiger partial charge < -0.3 is 15.4 Å². The third-order valence-corrected chi connectivity index (χ3v) is 5.42. The number of hydrogen-bond acceptors (Lipinski definition) is 6. The van der Waals surface area contributed by atoms with Gasteiger partial charge in [0.05, 0.1) is 18.4 Å². The Hall–Kier alpha value is -4.50. The molecule has 4 rings (SSSR count). The quantitative estimate of drug-likeness (QED) is 0.392. The predicted molar refractivity (Wildman–Crippen MR) is 128 cm³/mol. The van der Waals surface area contributed by atoms with Crippen molar-refractivity contribution < 1.29 is 28.3 Å². The molecule has 176 valence electrons. The lowest BCUT2D eigenvalue weighted by Gasteiger charge is -2.15. The first-order valence-corrected chi connectivity index (χ1v) is 10.6. The highest BCUT2D eigenvalue weighted by Gasteiger charge is 2.39. The Morgan fingerprint density at radius 2 is 1.57 bits per heavy atom. The van der Waals surface area contributed by atoms with Crippen molar-refractivity contribution in [3.05, 3.63) is 100 Å². The Bertz CT molecular complexity index is 1370. The van der Waals surface area contributed by atoms with E-state index in [1.165, 1.54) is 37.4 Å². The van der Waals surface area contributed by atoms with E-state index in [1.807, 2.05) is 0 Å². The van der Waals surface area contributed by atoms with Gasteiger partial charge in [0.25, 0.3) is 17.7 Å². The molecule has 35 heavy (non-hydrogen) atoms. The number of esters is 1. The summed E-state index contributed by atoms with van der Waals surface area (Å²) in [4.78, 5) is 50.5. The maximum atomic E-state index is 13.2. The lowest BCUT2D eigenvalue weighted by Crippen LogP contribution is -2.32. The standard InChI is InChI=1S/C25H17ClFN3O5/c1-35-25(34)14-5-9-17(10-6-14)29-22(31)15-3-2-4-18(13-15)28-21-20(26)23(32)30(24(21)33)19-11-7-16(27)8-12-19/h2-13,28H,1H3,(H,29,31). The molecule has 0 radical (unpaired) electrons. The van der Waals surface area contributed by atoms with Crippen LogP contribution in [0.1, 0.15) is 20.7 Å². The number of imide groups is 1. The molecule has 1 heterocycles. The molecule has 8 nitrogen and oxygen atoms in total. The number of anilines is 3. The molecule has 10 heteroatoms. The molecular weight excluding hydrogens is 477 g/mol. The van der Waals surface area contributed by atoms with Crippen molar-refractivity contribution in [3.63, 3.8) is 0 Å².